The normalized spacial score (nSPS) is 11.4. The molecule has 0 atom stereocenters. The van der Waals surface area contributed by atoms with Crippen molar-refractivity contribution < 1.29 is 4.42 Å². The number of para-hydroxylation sites is 4. The zero-order chi connectivity index (χ0) is 39.1. The number of furan rings is 1. The predicted molar refractivity (Wildman–Crippen MR) is 245 cm³/mol. The molecule has 0 bridgehead atoms. The van der Waals surface area contributed by atoms with Crippen LogP contribution in [0.25, 0.3) is 65.7 Å². The number of nitrogens with zero attached hydrogens (tertiary/aromatic N) is 4. The van der Waals surface area contributed by atoms with Crippen LogP contribution in [0, 0.1) is 0 Å². The van der Waals surface area contributed by atoms with Crippen molar-refractivity contribution in [2.45, 2.75) is 0 Å². The topological polar surface area (TPSA) is 45.4 Å². The quantitative estimate of drug-likeness (QED) is 0.154. The summed E-state index contributed by atoms with van der Waals surface area (Å²) >= 11 is 0. The van der Waals surface area contributed by atoms with Crippen LogP contribution in [-0.4, -0.2) is 9.97 Å². The Morgan fingerprint density at radius 2 is 0.644 bits per heavy atom. The van der Waals surface area contributed by atoms with E-state index in [-0.39, 0.29) is 0 Å². The van der Waals surface area contributed by atoms with Gasteiger partial charge in [0.25, 0.3) is 0 Å². The number of hydrogen-bond donors (Lipinski definition) is 0. The average molecular weight is 757 g/mol. The molecule has 3 heterocycles. The summed E-state index contributed by atoms with van der Waals surface area (Å²) in [6.45, 7) is 0. The smallest absolute Gasteiger partial charge is 0.136 e. The van der Waals surface area contributed by atoms with Gasteiger partial charge in [-0.05, 0) is 130 Å². The van der Waals surface area contributed by atoms with Gasteiger partial charge < -0.3 is 14.2 Å². The van der Waals surface area contributed by atoms with Gasteiger partial charge in [-0.25, -0.2) is 0 Å². The molecular formula is C54H36N4O. The molecule has 0 aliphatic rings. The lowest BCUT2D eigenvalue weighted by Gasteiger charge is -2.25. The SMILES string of the molecule is c1ccc(N(c2ccccc2)c2ccc(-c3cc4oc5cc(-c6ccc(N(c7ccccc7)c7ccccc7)cc6)c6cnccc6c5c4c4ccncc34)cc2)cc1. The number of rotatable bonds is 8. The molecule has 0 aliphatic heterocycles. The molecule has 0 radical (unpaired) electrons. The van der Waals surface area contributed by atoms with Crippen molar-refractivity contribution in [2.75, 3.05) is 9.80 Å². The van der Waals surface area contributed by atoms with Crippen LogP contribution in [0.4, 0.5) is 34.1 Å². The van der Waals surface area contributed by atoms with Gasteiger partial charge in [0, 0.05) is 80.5 Å². The molecule has 59 heavy (non-hydrogen) atoms. The van der Waals surface area contributed by atoms with E-state index in [0.717, 1.165) is 99.9 Å². The second-order valence-corrected chi connectivity index (χ2v) is 14.6. The third-order valence-corrected chi connectivity index (χ3v) is 11.2. The Bertz CT molecular complexity index is 2940. The van der Waals surface area contributed by atoms with Gasteiger partial charge in [-0.2, -0.15) is 0 Å². The molecule has 5 heteroatoms. The highest BCUT2D eigenvalue weighted by molar-refractivity contribution is 6.29. The second-order valence-electron chi connectivity index (χ2n) is 14.6. The van der Waals surface area contributed by atoms with Crippen molar-refractivity contribution >= 4 is 77.6 Å². The highest BCUT2D eigenvalue weighted by Crippen LogP contribution is 2.46. The maximum absolute atomic E-state index is 6.89. The number of hydrogen-bond acceptors (Lipinski definition) is 5. The molecule has 0 aliphatic carbocycles. The first-order valence-corrected chi connectivity index (χ1v) is 19.8. The third-order valence-electron chi connectivity index (χ3n) is 11.2. The first-order valence-electron chi connectivity index (χ1n) is 19.8. The van der Waals surface area contributed by atoms with Crippen LogP contribution in [0.5, 0.6) is 0 Å². The van der Waals surface area contributed by atoms with Crippen LogP contribution in [0.3, 0.4) is 0 Å². The zero-order valence-electron chi connectivity index (χ0n) is 32.0. The third kappa shape index (κ3) is 6.04. The van der Waals surface area contributed by atoms with Crippen molar-refractivity contribution in [3.63, 3.8) is 0 Å². The fraction of sp³-hybridized carbons (Fsp3) is 0. The molecule has 278 valence electrons. The van der Waals surface area contributed by atoms with E-state index in [4.69, 9.17) is 4.42 Å². The van der Waals surface area contributed by atoms with E-state index >= 15 is 0 Å². The molecule has 0 unspecified atom stereocenters. The summed E-state index contributed by atoms with van der Waals surface area (Å²) in [4.78, 5) is 13.8. The van der Waals surface area contributed by atoms with Gasteiger partial charge in [0.1, 0.15) is 11.2 Å². The van der Waals surface area contributed by atoms with Gasteiger partial charge in [0.15, 0.2) is 0 Å². The Morgan fingerprint density at radius 3 is 0.983 bits per heavy atom. The maximum atomic E-state index is 6.89. The van der Waals surface area contributed by atoms with E-state index in [1.807, 2.05) is 49.1 Å². The van der Waals surface area contributed by atoms with E-state index in [2.05, 4.69) is 190 Å². The fourth-order valence-electron chi connectivity index (χ4n) is 8.54. The molecular weight excluding hydrogens is 721 g/mol. The first-order chi connectivity index (χ1) is 29.3. The Kier molecular flexibility index (Phi) is 8.41. The molecule has 5 nitrogen and oxygen atoms in total. The Labute approximate surface area is 341 Å². The molecule has 0 fully saturated rings. The van der Waals surface area contributed by atoms with E-state index < -0.39 is 0 Å². The zero-order valence-corrected chi connectivity index (χ0v) is 32.0. The number of fused-ring (bicyclic) bond motifs is 7. The van der Waals surface area contributed by atoms with Crippen LogP contribution < -0.4 is 9.80 Å². The van der Waals surface area contributed by atoms with Gasteiger partial charge in [-0.1, -0.05) is 97.1 Å². The highest BCUT2D eigenvalue weighted by atomic mass is 16.3. The average Bonchev–Trinajstić information content (AvgIpc) is 3.70. The van der Waals surface area contributed by atoms with E-state index in [0.29, 0.717) is 0 Å². The summed E-state index contributed by atoms with van der Waals surface area (Å²) in [5.74, 6) is 0. The Hall–Kier alpha value is -8.02. The molecule has 11 rings (SSSR count). The lowest BCUT2D eigenvalue weighted by molar-refractivity contribution is 0.670. The second kappa shape index (κ2) is 14.5. The van der Waals surface area contributed by atoms with E-state index in [1.165, 1.54) is 0 Å². The van der Waals surface area contributed by atoms with Crippen molar-refractivity contribution in [1.82, 2.24) is 9.97 Å². The molecule has 0 amide bonds. The number of pyridine rings is 2. The van der Waals surface area contributed by atoms with Gasteiger partial charge in [-0.15, -0.1) is 0 Å². The molecule has 11 aromatic rings. The van der Waals surface area contributed by atoms with Crippen molar-refractivity contribution in [3.8, 4) is 22.3 Å². The lowest BCUT2D eigenvalue weighted by Crippen LogP contribution is -2.09. The summed E-state index contributed by atoms with van der Waals surface area (Å²) in [5, 5.41) is 6.50. The first kappa shape index (κ1) is 34.2. The van der Waals surface area contributed by atoms with Crippen LogP contribution in [0.15, 0.2) is 223 Å². The van der Waals surface area contributed by atoms with Crippen molar-refractivity contribution in [3.05, 3.63) is 219 Å². The van der Waals surface area contributed by atoms with Crippen LogP contribution in [-0.2, 0) is 0 Å². The molecule has 3 aromatic heterocycles. The molecule has 8 aromatic carbocycles. The molecule has 0 spiro atoms. The molecule has 0 N–H and O–H groups in total. The fourth-order valence-corrected chi connectivity index (χ4v) is 8.54. The van der Waals surface area contributed by atoms with Crippen molar-refractivity contribution in [1.29, 1.82) is 0 Å². The predicted octanol–water partition coefficient (Wildman–Crippen LogP) is 15.0. The number of aromatic nitrogens is 2. The Balaban J connectivity index is 1.03. The summed E-state index contributed by atoms with van der Waals surface area (Å²) in [6, 6.07) is 68.1. The van der Waals surface area contributed by atoms with Crippen LogP contribution >= 0.6 is 0 Å². The summed E-state index contributed by atoms with van der Waals surface area (Å²) < 4.78 is 6.89. The molecule has 0 saturated heterocycles. The minimum atomic E-state index is 0.833. The maximum Gasteiger partial charge on any atom is 0.136 e. The van der Waals surface area contributed by atoms with Crippen LogP contribution in [0.2, 0.25) is 0 Å². The Morgan fingerprint density at radius 1 is 0.322 bits per heavy atom. The summed E-state index contributed by atoms with van der Waals surface area (Å²) in [6.07, 6.45) is 7.70. The highest BCUT2D eigenvalue weighted by Gasteiger charge is 2.21. The minimum absolute atomic E-state index is 0.833. The van der Waals surface area contributed by atoms with Gasteiger partial charge in [-0.3, -0.25) is 9.97 Å². The van der Waals surface area contributed by atoms with Gasteiger partial charge in [0.2, 0.25) is 0 Å². The summed E-state index contributed by atoms with van der Waals surface area (Å²) in [7, 11) is 0. The van der Waals surface area contributed by atoms with E-state index in [1.54, 1.807) is 0 Å². The van der Waals surface area contributed by atoms with Gasteiger partial charge >= 0.3 is 0 Å². The van der Waals surface area contributed by atoms with Crippen molar-refractivity contribution in [2.24, 2.45) is 0 Å². The molecule has 0 saturated carbocycles. The minimum Gasteiger partial charge on any atom is -0.456 e. The van der Waals surface area contributed by atoms with E-state index in [9.17, 15) is 0 Å². The summed E-state index contributed by atoms with van der Waals surface area (Å²) in [5.41, 5.74) is 12.5. The van der Waals surface area contributed by atoms with Gasteiger partial charge in [0.05, 0.1) is 0 Å². The monoisotopic (exact) mass is 756 g/mol. The number of anilines is 6. The lowest BCUT2D eigenvalue weighted by atomic mass is 9.93. The van der Waals surface area contributed by atoms with Crippen LogP contribution in [0.1, 0.15) is 0 Å². The standard InChI is InChI=1S/C54H36N4O/c1-5-13-39(14-6-1)57(40-15-7-2-8-16-40)43-25-21-37(22-26-43)47-33-51-53(45-29-31-55-35-49(45)47)54-46-30-32-56-36-50(46)48(34-52(54)59-51)38-23-27-44(28-24-38)58(41-17-9-3-10-18-41)42-19-11-4-12-20-42/h1-36H. The largest absolute Gasteiger partial charge is 0.456 e. The number of benzene rings is 8.